The van der Waals surface area contributed by atoms with Gasteiger partial charge in [0.05, 0.1) is 5.75 Å². The zero-order valence-electron chi connectivity index (χ0n) is 13.0. The monoisotopic (exact) mass is 341 g/mol. The maximum absolute atomic E-state index is 12.1. The second-order valence-electron chi connectivity index (χ2n) is 6.18. The van der Waals surface area contributed by atoms with E-state index in [0.717, 1.165) is 37.1 Å². The van der Waals surface area contributed by atoms with Crippen LogP contribution in [0.15, 0.2) is 0 Å². The van der Waals surface area contributed by atoms with E-state index in [-0.39, 0.29) is 18.2 Å². The van der Waals surface area contributed by atoms with E-state index in [1.165, 1.54) is 6.42 Å². The van der Waals surface area contributed by atoms with Crippen molar-refractivity contribution in [3.05, 3.63) is 17.0 Å². The number of amides is 1. The van der Waals surface area contributed by atoms with Gasteiger partial charge in [-0.25, -0.2) is 13.1 Å². The zero-order valence-corrected chi connectivity index (χ0v) is 13.8. The summed E-state index contributed by atoms with van der Waals surface area (Å²) in [6, 6.07) is 0. The second-order valence-corrected chi connectivity index (χ2v) is 8.10. The Balaban J connectivity index is 1.46. The van der Waals surface area contributed by atoms with Gasteiger partial charge in [0.1, 0.15) is 0 Å². The molecule has 128 valence electrons. The lowest BCUT2D eigenvalue weighted by molar-refractivity contribution is 0.0950. The molecule has 0 atom stereocenters. The predicted molar refractivity (Wildman–Crippen MR) is 85.5 cm³/mol. The lowest BCUT2D eigenvalue weighted by Gasteiger charge is -2.25. The maximum atomic E-state index is 12.1. The van der Waals surface area contributed by atoms with Crippen molar-refractivity contribution in [2.75, 3.05) is 25.4 Å². The Hall–Kier alpha value is -1.45. The van der Waals surface area contributed by atoms with Crippen LogP contribution in [-0.4, -0.2) is 49.9 Å². The highest BCUT2D eigenvalue weighted by atomic mass is 32.2. The summed E-state index contributed by atoms with van der Waals surface area (Å²) in [5, 5.41) is 12.8. The van der Waals surface area contributed by atoms with E-state index in [9.17, 15) is 13.2 Å². The van der Waals surface area contributed by atoms with E-state index in [1.807, 2.05) is 0 Å². The van der Waals surface area contributed by atoms with Gasteiger partial charge in [0.2, 0.25) is 10.0 Å². The number of hydrogen-bond acceptors (Lipinski definition) is 5. The molecule has 8 nitrogen and oxygen atoms in total. The molecule has 1 aromatic heterocycles. The zero-order chi connectivity index (χ0) is 16.3. The third-order valence-electron chi connectivity index (χ3n) is 4.49. The molecule has 9 heteroatoms. The van der Waals surface area contributed by atoms with Gasteiger partial charge in [0.15, 0.2) is 5.69 Å². The molecule has 1 aromatic rings. The second kappa shape index (κ2) is 6.98. The fraction of sp³-hybridized carbons (Fsp3) is 0.714. The molecule has 0 unspecified atom stereocenters. The number of nitrogens with zero attached hydrogens (tertiary/aromatic N) is 1. The number of aromatic amines is 1. The van der Waals surface area contributed by atoms with Crippen molar-refractivity contribution in [1.82, 2.24) is 25.6 Å². The van der Waals surface area contributed by atoms with Crippen molar-refractivity contribution in [1.29, 1.82) is 0 Å². The molecule has 0 radical (unpaired) electrons. The lowest BCUT2D eigenvalue weighted by Crippen LogP contribution is -2.38. The minimum Gasteiger partial charge on any atom is -0.350 e. The molecule has 1 fully saturated rings. The van der Waals surface area contributed by atoms with Crippen LogP contribution < -0.4 is 15.4 Å². The third-order valence-corrected chi connectivity index (χ3v) is 5.84. The summed E-state index contributed by atoms with van der Waals surface area (Å²) in [4.78, 5) is 12.1. The summed E-state index contributed by atoms with van der Waals surface area (Å²) in [5.41, 5.74) is 2.20. The van der Waals surface area contributed by atoms with Gasteiger partial charge in [0.25, 0.3) is 5.91 Å². The van der Waals surface area contributed by atoms with Gasteiger partial charge < -0.3 is 10.6 Å². The summed E-state index contributed by atoms with van der Waals surface area (Å²) < 4.78 is 26.4. The largest absolute Gasteiger partial charge is 0.350 e. The number of H-pyrrole nitrogens is 1. The molecule has 1 aliphatic heterocycles. The fourth-order valence-corrected chi connectivity index (χ4v) is 3.81. The first-order valence-corrected chi connectivity index (χ1v) is 9.73. The van der Waals surface area contributed by atoms with E-state index in [0.29, 0.717) is 24.7 Å². The number of hydrogen-bond donors (Lipinski definition) is 4. The van der Waals surface area contributed by atoms with Crippen molar-refractivity contribution < 1.29 is 13.2 Å². The van der Waals surface area contributed by atoms with Crippen molar-refractivity contribution >= 4 is 15.9 Å². The van der Waals surface area contributed by atoms with Crippen LogP contribution in [0, 0.1) is 5.92 Å². The van der Waals surface area contributed by atoms with Crippen LogP contribution in [0.3, 0.4) is 0 Å². The molecule has 3 rings (SSSR count). The van der Waals surface area contributed by atoms with Gasteiger partial charge >= 0.3 is 0 Å². The van der Waals surface area contributed by atoms with Gasteiger partial charge in [-0.1, -0.05) is 6.42 Å². The van der Waals surface area contributed by atoms with Crippen molar-refractivity contribution in [3.8, 4) is 0 Å². The normalized spacial score (nSPS) is 18.3. The highest BCUT2D eigenvalue weighted by Crippen LogP contribution is 2.25. The topological polar surface area (TPSA) is 116 Å². The average molecular weight is 341 g/mol. The van der Waals surface area contributed by atoms with Crippen molar-refractivity contribution in [2.24, 2.45) is 5.92 Å². The summed E-state index contributed by atoms with van der Waals surface area (Å²) in [6.45, 7) is 2.06. The smallest absolute Gasteiger partial charge is 0.272 e. The summed E-state index contributed by atoms with van der Waals surface area (Å²) in [6.07, 6.45) is 4.19. The maximum Gasteiger partial charge on any atom is 0.272 e. The van der Waals surface area contributed by atoms with Crippen LogP contribution in [0.25, 0.3) is 0 Å². The Morgan fingerprint density at radius 2 is 2.17 bits per heavy atom. The number of nitrogens with one attached hydrogen (secondary N) is 4. The molecule has 4 N–H and O–H groups in total. The van der Waals surface area contributed by atoms with Crippen LogP contribution in [0.4, 0.5) is 0 Å². The van der Waals surface area contributed by atoms with Crippen LogP contribution in [0.1, 0.15) is 41.0 Å². The molecule has 0 bridgehead atoms. The quantitative estimate of drug-likeness (QED) is 0.534. The third kappa shape index (κ3) is 4.10. The minimum absolute atomic E-state index is 0.0773. The predicted octanol–water partition coefficient (Wildman–Crippen LogP) is -0.495. The number of fused-ring (bicyclic) bond motifs is 1. The molecular formula is C14H23N5O3S. The average Bonchev–Trinajstić information content (AvgIpc) is 2.89. The van der Waals surface area contributed by atoms with Crippen LogP contribution in [0.5, 0.6) is 0 Å². The van der Waals surface area contributed by atoms with Gasteiger partial charge in [-0.15, -0.1) is 0 Å². The molecule has 0 aromatic carbocycles. The van der Waals surface area contributed by atoms with Gasteiger partial charge in [-0.3, -0.25) is 9.89 Å². The molecule has 0 spiro atoms. The van der Waals surface area contributed by atoms with E-state index < -0.39 is 10.0 Å². The molecule has 1 amide bonds. The molecule has 1 aliphatic carbocycles. The molecular weight excluding hydrogens is 318 g/mol. The number of rotatable bonds is 7. The molecule has 0 saturated heterocycles. The highest BCUT2D eigenvalue weighted by molar-refractivity contribution is 7.89. The standard InChI is InChI=1S/C14H23N5O3S/c20-14(13-11-9-15-5-4-12(11)18-19-13)16-6-7-23(21,22)17-8-10-2-1-3-10/h10,15,17H,1-9H2,(H,16,20)(H,18,19). The SMILES string of the molecule is O=C(NCCS(=O)(=O)NCC1CCC1)c1n[nH]c2c1CNCC2. The van der Waals surface area contributed by atoms with E-state index >= 15 is 0 Å². The summed E-state index contributed by atoms with van der Waals surface area (Å²) >= 11 is 0. The minimum atomic E-state index is -3.34. The Morgan fingerprint density at radius 3 is 2.91 bits per heavy atom. The first-order chi connectivity index (χ1) is 11.1. The Bertz CT molecular complexity index is 666. The van der Waals surface area contributed by atoms with E-state index in [4.69, 9.17) is 0 Å². The van der Waals surface area contributed by atoms with E-state index in [1.54, 1.807) is 0 Å². The van der Waals surface area contributed by atoms with E-state index in [2.05, 4.69) is 25.6 Å². The van der Waals surface area contributed by atoms with Crippen LogP contribution in [0.2, 0.25) is 0 Å². The molecule has 2 aliphatic rings. The molecule has 1 saturated carbocycles. The number of carbonyl (C=O) groups excluding carboxylic acids is 1. The van der Waals surface area contributed by atoms with Crippen LogP contribution in [-0.2, 0) is 23.0 Å². The summed E-state index contributed by atoms with van der Waals surface area (Å²) in [5.74, 6) is 0.0268. The summed E-state index contributed by atoms with van der Waals surface area (Å²) in [7, 11) is -3.34. The first kappa shape index (κ1) is 16.4. The Labute approximate surface area is 135 Å². The first-order valence-electron chi connectivity index (χ1n) is 8.07. The van der Waals surface area contributed by atoms with Crippen molar-refractivity contribution in [3.63, 3.8) is 0 Å². The number of carbonyl (C=O) groups is 1. The fourth-order valence-electron chi connectivity index (χ4n) is 2.81. The highest BCUT2D eigenvalue weighted by Gasteiger charge is 2.22. The van der Waals surface area contributed by atoms with Gasteiger partial charge in [-0.05, 0) is 18.8 Å². The lowest BCUT2D eigenvalue weighted by atomic mass is 9.86. The van der Waals surface area contributed by atoms with Gasteiger partial charge in [0, 0.05) is 43.9 Å². The molecule has 2 heterocycles. The van der Waals surface area contributed by atoms with Crippen LogP contribution >= 0.6 is 0 Å². The number of aromatic nitrogens is 2. The Kier molecular flexibility index (Phi) is 4.98. The number of sulfonamides is 1. The Morgan fingerprint density at radius 1 is 1.35 bits per heavy atom. The van der Waals surface area contributed by atoms with Crippen molar-refractivity contribution in [2.45, 2.75) is 32.2 Å². The van der Waals surface area contributed by atoms with Gasteiger partial charge in [-0.2, -0.15) is 5.10 Å². The molecule has 23 heavy (non-hydrogen) atoms.